The number of fused-ring (bicyclic) bond motifs is 3. The van der Waals surface area contributed by atoms with Gasteiger partial charge in [0.15, 0.2) is 0 Å². The Balaban J connectivity index is 1.91. The third kappa shape index (κ3) is 2.13. The number of aromatic nitrogens is 1. The predicted octanol–water partition coefficient (Wildman–Crippen LogP) is 4.17. The van der Waals surface area contributed by atoms with E-state index in [4.69, 9.17) is 0 Å². The maximum atomic E-state index is 13.1. The Labute approximate surface area is 142 Å². The maximum absolute atomic E-state index is 13.1. The van der Waals surface area contributed by atoms with Crippen LogP contribution in [0.3, 0.4) is 0 Å². The van der Waals surface area contributed by atoms with Crippen LogP contribution in [-0.2, 0) is 22.9 Å². The van der Waals surface area contributed by atoms with E-state index < -0.39 is 10.0 Å². The van der Waals surface area contributed by atoms with Gasteiger partial charge in [-0.15, -0.1) is 0 Å². The summed E-state index contributed by atoms with van der Waals surface area (Å²) in [7, 11) is -3.56. The molecule has 24 heavy (non-hydrogen) atoms. The average molecular weight is 337 g/mol. The third-order valence-corrected chi connectivity index (χ3v) is 6.48. The van der Waals surface area contributed by atoms with Crippen LogP contribution in [0.15, 0.2) is 59.6 Å². The highest BCUT2D eigenvalue weighted by molar-refractivity contribution is 7.90. The van der Waals surface area contributed by atoms with Gasteiger partial charge in [0.25, 0.3) is 10.0 Å². The Morgan fingerprint density at radius 2 is 1.71 bits per heavy atom. The summed E-state index contributed by atoms with van der Waals surface area (Å²) in [5.74, 6) is 0. The molecule has 4 heteroatoms. The molecule has 0 saturated heterocycles. The molecular formula is C20H19NO2S. The van der Waals surface area contributed by atoms with Crippen molar-refractivity contribution >= 4 is 10.0 Å². The molecule has 1 heterocycles. The topological polar surface area (TPSA) is 39.1 Å². The van der Waals surface area contributed by atoms with Crippen LogP contribution in [0.5, 0.6) is 0 Å². The molecule has 0 unspecified atom stereocenters. The molecule has 0 radical (unpaired) electrons. The van der Waals surface area contributed by atoms with E-state index in [0.717, 1.165) is 34.4 Å². The first-order valence-electron chi connectivity index (χ1n) is 8.16. The quantitative estimate of drug-likeness (QED) is 0.563. The van der Waals surface area contributed by atoms with E-state index in [1.807, 2.05) is 38.1 Å². The number of rotatable bonds is 3. The highest BCUT2D eigenvalue weighted by Gasteiger charge is 2.29. The second kappa shape index (κ2) is 5.35. The van der Waals surface area contributed by atoms with E-state index in [2.05, 4.69) is 12.1 Å². The Bertz CT molecular complexity index is 1030. The standard InChI is InChI=1S/C20H19NO2S/c1-3-20-18-12-15-6-4-5-7-17(15)19(18)13-21(20)24(22,23)16-10-8-14(2)9-11-16/h4-11,13H,3,12H2,1-2H3. The minimum atomic E-state index is -3.56. The van der Waals surface area contributed by atoms with Crippen molar-refractivity contribution in [3.05, 3.63) is 77.1 Å². The second-order valence-electron chi connectivity index (χ2n) is 6.27. The van der Waals surface area contributed by atoms with Crippen molar-refractivity contribution in [2.24, 2.45) is 0 Å². The van der Waals surface area contributed by atoms with Crippen molar-refractivity contribution in [1.29, 1.82) is 0 Å². The summed E-state index contributed by atoms with van der Waals surface area (Å²) >= 11 is 0. The van der Waals surface area contributed by atoms with Crippen LogP contribution in [0.2, 0.25) is 0 Å². The fourth-order valence-electron chi connectivity index (χ4n) is 3.53. The van der Waals surface area contributed by atoms with Gasteiger partial charge in [-0.25, -0.2) is 12.4 Å². The fraction of sp³-hybridized carbons (Fsp3) is 0.200. The SMILES string of the molecule is CCc1c2c(cn1S(=O)(=O)c1ccc(C)cc1)-c1ccccc1C2. The molecule has 0 N–H and O–H groups in total. The Morgan fingerprint density at radius 1 is 1.00 bits per heavy atom. The zero-order valence-electron chi connectivity index (χ0n) is 13.8. The summed E-state index contributed by atoms with van der Waals surface area (Å²) < 4.78 is 27.7. The van der Waals surface area contributed by atoms with Gasteiger partial charge in [-0.05, 0) is 42.2 Å². The van der Waals surface area contributed by atoms with Gasteiger partial charge >= 0.3 is 0 Å². The van der Waals surface area contributed by atoms with Crippen molar-refractivity contribution < 1.29 is 8.42 Å². The molecule has 0 aliphatic heterocycles. The molecule has 0 fully saturated rings. The molecule has 3 nitrogen and oxygen atoms in total. The van der Waals surface area contributed by atoms with Crippen molar-refractivity contribution in [3.63, 3.8) is 0 Å². The Hall–Kier alpha value is -2.33. The first-order chi connectivity index (χ1) is 11.5. The molecule has 2 aromatic carbocycles. The van der Waals surface area contributed by atoms with Crippen molar-refractivity contribution in [3.8, 4) is 11.1 Å². The molecule has 0 spiro atoms. The first kappa shape index (κ1) is 15.2. The van der Waals surface area contributed by atoms with Crippen LogP contribution in [0.25, 0.3) is 11.1 Å². The Kier molecular flexibility index (Phi) is 3.39. The van der Waals surface area contributed by atoms with E-state index in [0.29, 0.717) is 11.3 Å². The van der Waals surface area contributed by atoms with Gasteiger partial charge in [0.2, 0.25) is 0 Å². The molecule has 122 valence electrons. The van der Waals surface area contributed by atoms with E-state index >= 15 is 0 Å². The Morgan fingerprint density at radius 3 is 2.42 bits per heavy atom. The van der Waals surface area contributed by atoms with Crippen LogP contribution in [0, 0.1) is 6.92 Å². The minimum absolute atomic E-state index is 0.338. The number of aryl methyl sites for hydroxylation is 1. The molecule has 0 amide bonds. The number of benzene rings is 2. The molecule has 3 aromatic rings. The van der Waals surface area contributed by atoms with Crippen molar-refractivity contribution in [2.75, 3.05) is 0 Å². The molecule has 0 bridgehead atoms. The maximum Gasteiger partial charge on any atom is 0.267 e. The van der Waals surface area contributed by atoms with E-state index in [1.165, 1.54) is 9.54 Å². The molecular weight excluding hydrogens is 318 g/mol. The number of nitrogens with zero attached hydrogens (tertiary/aromatic N) is 1. The summed E-state index contributed by atoms with van der Waals surface area (Å²) in [4.78, 5) is 0.338. The average Bonchev–Trinajstić information content (AvgIpc) is 3.11. The van der Waals surface area contributed by atoms with Gasteiger partial charge in [-0.3, -0.25) is 0 Å². The lowest BCUT2D eigenvalue weighted by Crippen LogP contribution is -2.15. The lowest BCUT2D eigenvalue weighted by Gasteiger charge is -2.11. The molecule has 0 saturated carbocycles. The zero-order chi connectivity index (χ0) is 16.9. The molecule has 0 atom stereocenters. The molecule has 1 aliphatic carbocycles. The van der Waals surface area contributed by atoms with Crippen LogP contribution in [0.4, 0.5) is 0 Å². The monoisotopic (exact) mass is 337 g/mol. The summed E-state index contributed by atoms with van der Waals surface area (Å²) in [5.41, 5.74) is 6.57. The smallest absolute Gasteiger partial charge is 0.245 e. The summed E-state index contributed by atoms with van der Waals surface area (Å²) in [6.07, 6.45) is 3.30. The fourth-order valence-corrected chi connectivity index (χ4v) is 5.01. The summed E-state index contributed by atoms with van der Waals surface area (Å²) in [5, 5.41) is 0. The lowest BCUT2D eigenvalue weighted by atomic mass is 10.1. The lowest BCUT2D eigenvalue weighted by molar-refractivity contribution is 0.585. The van der Waals surface area contributed by atoms with Gasteiger partial charge in [0.05, 0.1) is 4.90 Å². The van der Waals surface area contributed by atoms with Gasteiger partial charge in [0, 0.05) is 23.9 Å². The molecule has 1 aromatic heterocycles. The highest BCUT2D eigenvalue weighted by atomic mass is 32.2. The van der Waals surface area contributed by atoms with Gasteiger partial charge in [-0.1, -0.05) is 48.9 Å². The van der Waals surface area contributed by atoms with E-state index in [-0.39, 0.29) is 0 Å². The van der Waals surface area contributed by atoms with Gasteiger partial charge in [0.1, 0.15) is 0 Å². The number of hydrogen-bond donors (Lipinski definition) is 0. The molecule has 1 aliphatic rings. The van der Waals surface area contributed by atoms with Gasteiger partial charge < -0.3 is 0 Å². The predicted molar refractivity (Wildman–Crippen MR) is 95.8 cm³/mol. The normalized spacial score (nSPS) is 12.9. The highest BCUT2D eigenvalue weighted by Crippen LogP contribution is 2.40. The number of hydrogen-bond acceptors (Lipinski definition) is 2. The van der Waals surface area contributed by atoms with Crippen molar-refractivity contribution in [1.82, 2.24) is 3.97 Å². The van der Waals surface area contributed by atoms with Crippen LogP contribution in [0.1, 0.15) is 29.3 Å². The van der Waals surface area contributed by atoms with Crippen LogP contribution in [-0.4, -0.2) is 12.4 Å². The molecule has 4 rings (SSSR count). The van der Waals surface area contributed by atoms with E-state index in [1.54, 1.807) is 18.3 Å². The van der Waals surface area contributed by atoms with Crippen LogP contribution >= 0.6 is 0 Å². The van der Waals surface area contributed by atoms with E-state index in [9.17, 15) is 8.42 Å². The zero-order valence-corrected chi connectivity index (χ0v) is 14.6. The largest absolute Gasteiger partial charge is 0.267 e. The van der Waals surface area contributed by atoms with Crippen molar-refractivity contribution in [2.45, 2.75) is 31.6 Å². The third-order valence-electron chi connectivity index (χ3n) is 4.77. The second-order valence-corrected chi connectivity index (χ2v) is 8.08. The van der Waals surface area contributed by atoms with Gasteiger partial charge in [-0.2, -0.15) is 0 Å². The van der Waals surface area contributed by atoms with Crippen LogP contribution < -0.4 is 0 Å². The minimum Gasteiger partial charge on any atom is -0.245 e. The summed E-state index contributed by atoms with van der Waals surface area (Å²) in [6, 6.07) is 15.3. The summed E-state index contributed by atoms with van der Waals surface area (Å²) in [6.45, 7) is 3.97. The first-order valence-corrected chi connectivity index (χ1v) is 9.60.